The summed E-state index contributed by atoms with van der Waals surface area (Å²) in [6, 6.07) is 21.3. The zero-order valence-corrected chi connectivity index (χ0v) is 19.2. The largest absolute Gasteiger partial charge is 0.462 e. The summed E-state index contributed by atoms with van der Waals surface area (Å²) in [4.78, 5) is 36.4. The fraction of sp³-hybridized carbons (Fsp3) is 0.148. The van der Waals surface area contributed by atoms with E-state index in [1.165, 1.54) is 0 Å². The Morgan fingerprint density at radius 1 is 1.00 bits per heavy atom. The molecule has 8 heteroatoms. The Bertz CT molecular complexity index is 1300. The number of nitrogens with one attached hydrogen (secondary N) is 2. The van der Waals surface area contributed by atoms with Crippen LogP contribution in [0, 0.1) is 0 Å². The lowest BCUT2D eigenvalue weighted by molar-refractivity contribution is -0.118. The van der Waals surface area contributed by atoms with E-state index >= 15 is 0 Å². The quantitative estimate of drug-likeness (QED) is 0.293. The number of benzene rings is 3. The molecule has 0 saturated heterocycles. The highest BCUT2D eigenvalue weighted by Crippen LogP contribution is 2.38. The minimum absolute atomic E-state index is 0.0524. The Morgan fingerprint density at radius 2 is 1.71 bits per heavy atom. The number of fused-ring (bicyclic) bond motifs is 1. The highest BCUT2D eigenvalue weighted by atomic mass is 16.5. The van der Waals surface area contributed by atoms with Gasteiger partial charge >= 0.3 is 5.97 Å². The van der Waals surface area contributed by atoms with Crippen LogP contribution in [0.15, 0.2) is 72.8 Å². The second kappa shape index (κ2) is 10.2. The second-order valence-corrected chi connectivity index (χ2v) is 8.07. The average molecular weight is 471 g/mol. The molecule has 3 aromatic rings. The maximum absolute atomic E-state index is 13.1. The van der Waals surface area contributed by atoms with E-state index < -0.39 is 17.9 Å². The van der Waals surface area contributed by atoms with Gasteiger partial charge in [-0.15, -0.1) is 0 Å². The molecule has 178 valence electrons. The number of hydrogen-bond acceptors (Lipinski definition) is 6. The smallest absolute Gasteiger partial charge is 0.338 e. The zero-order valence-electron chi connectivity index (χ0n) is 19.2. The first-order chi connectivity index (χ1) is 16.9. The van der Waals surface area contributed by atoms with E-state index in [1.54, 1.807) is 25.1 Å². The van der Waals surface area contributed by atoms with Crippen molar-refractivity contribution in [2.75, 3.05) is 17.2 Å². The van der Waals surface area contributed by atoms with E-state index in [0.717, 1.165) is 16.8 Å². The Balaban J connectivity index is 1.73. The normalized spacial score (nSPS) is 14.5. The summed E-state index contributed by atoms with van der Waals surface area (Å²) in [7, 11) is 0. The molecular weight excluding hydrogens is 444 g/mol. The molecule has 1 aliphatic heterocycles. The van der Waals surface area contributed by atoms with Crippen LogP contribution in [0.3, 0.4) is 0 Å². The molecule has 8 nitrogen and oxygen atoms in total. The SMILES string of the molecule is CCOC(=O)c1ccc2c(c1)NC(=O)C2=C(Nc1ccc(C(N)CC(N)=O)cc1)c1ccccc1. The third-order valence-corrected chi connectivity index (χ3v) is 5.62. The fourth-order valence-electron chi connectivity index (χ4n) is 3.94. The van der Waals surface area contributed by atoms with E-state index in [-0.39, 0.29) is 18.9 Å². The van der Waals surface area contributed by atoms with Crippen molar-refractivity contribution >= 4 is 40.4 Å². The molecule has 0 aliphatic carbocycles. The number of anilines is 2. The van der Waals surface area contributed by atoms with Crippen LogP contribution in [0.2, 0.25) is 0 Å². The molecule has 35 heavy (non-hydrogen) atoms. The lowest BCUT2D eigenvalue weighted by Crippen LogP contribution is -2.20. The maximum Gasteiger partial charge on any atom is 0.338 e. The predicted molar refractivity (Wildman–Crippen MR) is 135 cm³/mol. The molecule has 0 fully saturated rings. The first kappa shape index (κ1) is 23.7. The Hall–Kier alpha value is -4.43. The van der Waals surface area contributed by atoms with Crippen molar-refractivity contribution in [2.24, 2.45) is 11.5 Å². The molecule has 0 spiro atoms. The van der Waals surface area contributed by atoms with Crippen LogP contribution in [0.5, 0.6) is 0 Å². The lowest BCUT2D eigenvalue weighted by Gasteiger charge is -2.16. The van der Waals surface area contributed by atoms with Gasteiger partial charge in [-0.2, -0.15) is 0 Å². The first-order valence-corrected chi connectivity index (χ1v) is 11.2. The van der Waals surface area contributed by atoms with Gasteiger partial charge in [0, 0.05) is 23.7 Å². The van der Waals surface area contributed by atoms with Gasteiger partial charge < -0.3 is 26.8 Å². The summed E-state index contributed by atoms with van der Waals surface area (Å²) in [6.07, 6.45) is 0.0524. The van der Waals surface area contributed by atoms with E-state index in [9.17, 15) is 14.4 Å². The standard InChI is InChI=1S/C27H26N4O4/c1-2-35-27(34)18-10-13-20-22(14-18)31-26(33)24(20)25(17-6-4-3-5-7-17)30-19-11-8-16(9-12-19)21(28)15-23(29)32/h3-14,21,30H,2,15,28H2,1H3,(H2,29,32)(H,31,33). The molecule has 6 N–H and O–H groups in total. The number of carbonyl (C=O) groups is 3. The first-order valence-electron chi connectivity index (χ1n) is 11.2. The minimum Gasteiger partial charge on any atom is -0.462 e. The third-order valence-electron chi connectivity index (χ3n) is 5.62. The van der Waals surface area contributed by atoms with Gasteiger partial charge in [0.15, 0.2) is 0 Å². The van der Waals surface area contributed by atoms with Gasteiger partial charge in [0.1, 0.15) is 0 Å². The molecule has 1 aliphatic rings. The predicted octanol–water partition coefficient (Wildman–Crippen LogP) is 3.67. The van der Waals surface area contributed by atoms with Crippen LogP contribution in [0.4, 0.5) is 11.4 Å². The van der Waals surface area contributed by atoms with Crippen molar-refractivity contribution in [1.29, 1.82) is 0 Å². The highest BCUT2D eigenvalue weighted by Gasteiger charge is 2.29. The van der Waals surface area contributed by atoms with Gasteiger partial charge in [0.05, 0.1) is 29.1 Å². The van der Waals surface area contributed by atoms with Gasteiger partial charge in [-0.3, -0.25) is 9.59 Å². The van der Waals surface area contributed by atoms with Gasteiger partial charge in [-0.25, -0.2) is 4.79 Å². The van der Waals surface area contributed by atoms with Crippen LogP contribution in [-0.4, -0.2) is 24.4 Å². The topological polar surface area (TPSA) is 137 Å². The van der Waals surface area contributed by atoms with Gasteiger partial charge in [-0.05, 0) is 42.3 Å². The molecule has 1 heterocycles. The Labute approximate surface area is 203 Å². The van der Waals surface area contributed by atoms with Crippen molar-refractivity contribution in [2.45, 2.75) is 19.4 Å². The molecule has 4 rings (SSSR count). The number of esters is 1. The molecule has 0 aromatic heterocycles. The van der Waals surface area contributed by atoms with Crippen molar-refractivity contribution in [3.8, 4) is 0 Å². The van der Waals surface area contributed by atoms with Crippen LogP contribution in [0.1, 0.15) is 46.4 Å². The Morgan fingerprint density at radius 3 is 2.37 bits per heavy atom. The van der Waals surface area contributed by atoms with Crippen molar-refractivity contribution in [1.82, 2.24) is 0 Å². The summed E-state index contributed by atoms with van der Waals surface area (Å²) in [5, 5.41) is 6.23. The van der Waals surface area contributed by atoms with Gasteiger partial charge in [0.2, 0.25) is 5.91 Å². The zero-order chi connectivity index (χ0) is 24.9. The molecule has 0 saturated carbocycles. The van der Waals surface area contributed by atoms with Crippen LogP contribution in [-0.2, 0) is 14.3 Å². The number of nitrogens with two attached hydrogens (primary N) is 2. The number of amides is 2. The molecule has 2 amide bonds. The number of hydrogen-bond donors (Lipinski definition) is 4. The number of primary amides is 1. The maximum atomic E-state index is 13.1. The van der Waals surface area contributed by atoms with E-state index in [0.29, 0.717) is 28.1 Å². The molecule has 1 atom stereocenters. The van der Waals surface area contributed by atoms with E-state index in [2.05, 4.69) is 10.6 Å². The van der Waals surface area contributed by atoms with E-state index in [1.807, 2.05) is 54.6 Å². The number of rotatable bonds is 8. The van der Waals surface area contributed by atoms with Crippen LogP contribution < -0.4 is 22.1 Å². The summed E-state index contributed by atoms with van der Waals surface area (Å²) < 4.78 is 5.07. The van der Waals surface area contributed by atoms with Crippen molar-refractivity contribution in [3.63, 3.8) is 0 Å². The van der Waals surface area contributed by atoms with Crippen LogP contribution in [0.25, 0.3) is 11.3 Å². The van der Waals surface area contributed by atoms with Gasteiger partial charge in [0.25, 0.3) is 5.91 Å². The number of carbonyl (C=O) groups excluding carboxylic acids is 3. The minimum atomic E-state index is -0.491. The molecule has 1 unspecified atom stereocenters. The molecule has 0 radical (unpaired) electrons. The lowest BCUT2D eigenvalue weighted by atomic mass is 9.98. The fourth-order valence-corrected chi connectivity index (χ4v) is 3.94. The van der Waals surface area contributed by atoms with E-state index in [4.69, 9.17) is 16.2 Å². The third kappa shape index (κ3) is 5.23. The Kier molecular flexibility index (Phi) is 6.93. The van der Waals surface area contributed by atoms with Crippen LogP contribution >= 0.6 is 0 Å². The summed E-state index contributed by atoms with van der Waals surface area (Å²) in [5.74, 6) is -1.20. The van der Waals surface area contributed by atoms with Crippen molar-refractivity contribution in [3.05, 3.63) is 95.1 Å². The molecular formula is C27H26N4O4. The second-order valence-electron chi connectivity index (χ2n) is 8.07. The summed E-state index contributed by atoms with van der Waals surface area (Å²) in [5.41, 5.74) is 16.3. The summed E-state index contributed by atoms with van der Waals surface area (Å²) >= 11 is 0. The average Bonchev–Trinajstić information content (AvgIpc) is 3.17. The molecule has 0 bridgehead atoms. The summed E-state index contributed by atoms with van der Waals surface area (Å²) in [6.45, 7) is 2.01. The molecule has 3 aromatic carbocycles. The van der Waals surface area contributed by atoms with Gasteiger partial charge in [-0.1, -0.05) is 48.5 Å². The monoisotopic (exact) mass is 470 g/mol. The van der Waals surface area contributed by atoms with Crippen molar-refractivity contribution < 1.29 is 19.1 Å². The number of ether oxygens (including phenoxy) is 1. The highest BCUT2D eigenvalue weighted by molar-refractivity contribution is 6.37.